The average Bonchev–Trinajstić information content (AvgIpc) is 3.01. The Morgan fingerprint density at radius 1 is 0.951 bits per heavy atom. The van der Waals surface area contributed by atoms with Crippen molar-refractivity contribution >= 4 is 16.8 Å². The van der Waals surface area contributed by atoms with E-state index < -0.39 is 0 Å². The number of fused-ring (bicyclic) bond motifs is 1. The number of hydrogen-bond donors (Lipinski definition) is 1. The van der Waals surface area contributed by atoms with Gasteiger partial charge in [-0.3, -0.25) is 9.59 Å². The molecule has 2 heterocycles. The molecular formula is C32H34N2O7. The first-order valence-corrected chi connectivity index (χ1v) is 13.5. The third-order valence-electron chi connectivity index (χ3n) is 7.53. The molecule has 1 aliphatic heterocycles. The Bertz CT molecular complexity index is 1590. The molecule has 41 heavy (non-hydrogen) atoms. The number of carbonyl (C=O) groups excluding carboxylic acids is 1. The van der Waals surface area contributed by atoms with Crippen molar-refractivity contribution in [3.63, 3.8) is 0 Å². The minimum atomic E-state index is -0.352. The molecule has 1 fully saturated rings. The van der Waals surface area contributed by atoms with E-state index in [4.69, 9.17) is 24.1 Å². The lowest BCUT2D eigenvalue weighted by atomic mass is 9.99. The van der Waals surface area contributed by atoms with Crippen LogP contribution in [0.2, 0.25) is 0 Å². The summed E-state index contributed by atoms with van der Waals surface area (Å²) in [5.41, 5.74) is 3.44. The Labute approximate surface area is 238 Å². The second-order valence-corrected chi connectivity index (χ2v) is 9.91. The molecule has 1 aliphatic rings. The van der Waals surface area contributed by atoms with Gasteiger partial charge in [-0.05, 0) is 48.7 Å². The number of carbonyl (C=O) groups is 1. The molecule has 1 unspecified atom stereocenters. The van der Waals surface area contributed by atoms with Crippen molar-refractivity contribution in [3.8, 4) is 28.4 Å². The molecule has 4 aromatic rings. The van der Waals surface area contributed by atoms with Gasteiger partial charge in [0.15, 0.2) is 11.5 Å². The van der Waals surface area contributed by atoms with Crippen molar-refractivity contribution in [1.29, 1.82) is 0 Å². The number of hydrogen-bond acceptors (Lipinski definition) is 7. The summed E-state index contributed by atoms with van der Waals surface area (Å²) in [6.45, 7) is 1.06. The van der Waals surface area contributed by atoms with Crippen LogP contribution < -0.4 is 19.8 Å². The maximum atomic E-state index is 13.6. The Hall–Kier alpha value is -4.34. The van der Waals surface area contributed by atoms with Crippen LogP contribution in [0, 0.1) is 0 Å². The molecule has 1 amide bonds. The number of aliphatic hydroxyl groups excluding tert-OH is 1. The van der Waals surface area contributed by atoms with E-state index in [1.54, 1.807) is 49.0 Å². The molecule has 0 spiro atoms. The minimum Gasteiger partial charge on any atom is -0.497 e. The van der Waals surface area contributed by atoms with Gasteiger partial charge in [0.05, 0.1) is 39.5 Å². The Morgan fingerprint density at radius 3 is 2.46 bits per heavy atom. The highest BCUT2D eigenvalue weighted by atomic mass is 16.6. The van der Waals surface area contributed by atoms with Crippen LogP contribution in [0.25, 0.3) is 22.0 Å². The molecule has 3 aromatic carbocycles. The lowest BCUT2D eigenvalue weighted by Crippen LogP contribution is -2.43. The van der Waals surface area contributed by atoms with Gasteiger partial charge in [0.1, 0.15) is 12.5 Å². The molecule has 9 nitrogen and oxygen atoms in total. The lowest BCUT2D eigenvalue weighted by Gasteiger charge is -2.32. The van der Waals surface area contributed by atoms with Gasteiger partial charge in [0.25, 0.3) is 11.5 Å². The summed E-state index contributed by atoms with van der Waals surface area (Å²) >= 11 is 0. The first-order chi connectivity index (χ1) is 20.0. The average molecular weight is 559 g/mol. The molecular weight excluding hydrogens is 524 g/mol. The summed E-state index contributed by atoms with van der Waals surface area (Å²) in [7, 11) is 4.75. The predicted molar refractivity (Wildman–Crippen MR) is 156 cm³/mol. The third-order valence-corrected chi connectivity index (χ3v) is 7.53. The summed E-state index contributed by atoms with van der Waals surface area (Å²) in [6, 6.07) is 20.2. The van der Waals surface area contributed by atoms with E-state index in [1.165, 1.54) is 0 Å². The van der Waals surface area contributed by atoms with Gasteiger partial charge in [-0.25, -0.2) is 0 Å². The number of aromatic nitrogens is 1. The number of para-hydroxylation sites is 1. The predicted octanol–water partition coefficient (Wildman–Crippen LogP) is 4.31. The largest absolute Gasteiger partial charge is 0.497 e. The van der Waals surface area contributed by atoms with E-state index >= 15 is 0 Å². The van der Waals surface area contributed by atoms with Crippen LogP contribution >= 0.6 is 0 Å². The SMILES string of the molecule is COc1ccc2c(-c3cccc(OC)c3OC)cc(=O)n(Cc3ccc(C(=O)N4CCCC(OCO)C4)cc3)c2c1. The fourth-order valence-electron chi connectivity index (χ4n) is 5.45. The van der Waals surface area contributed by atoms with Crippen molar-refractivity contribution in [2.45, 2.75) is 25.5 Å². The second-order valence-electron chi connectivity index (χ2n) is 9.91. The fourth-order valence-corrected chi connectivity index (χ4v) is 5.45. The van der Waals surface area contributed by atoms with Gasteiger partial charge in [-0.15, -0.1) is 0 Å². The standard InChI is InChI=1S/C32H34N2O7/c1-38-23-13-14-25-27(26-7-4-8-29(39-2)31(26)40-3)17-30(36)34(28(25)16-23)18-21-9-11-22(12-10-21)32(37)33-15-5-6-24(19-33)41-20-35/h4,7-14,16-17,24,35H,5-6,15,18-20H2,1-3H3. The van der Waals surface area contributed by atoms with E-state index in [-0.39, 0.29) is 24.4 Å². The van der Waals surface area contributed by atoms with Crippen LogP contribution in [0.15, 0.2) is 71.5 Å². The quantitative estimate of drug-likeness (QED) is 0.306. The minimum absolute atomic E-state index is 0.0771. The number of benzene rings is 3. The highest BCUT2D eigenvalue weighted by Crippen LogP contribution is 2.40. The molecule has 5 rings (SSSR count). The fraction of sp³-hybridized carbons (Fsp3) is 0.312. The van der Waals surface area contributed by atoms with Crippen molar-refractivity contribution in [1.82, 2.24) is 9.47 Å². The number of methoxy groups -OCH3 is 3. The highest BCUT2D eigenvalue weighted by molar-refractivity contribution is 5.97. The number of nitrogens with zero attached hydrogens (tertiary/aromatic N) is 2. The molecule has 1 aromatic heterocycles. The van der Waals surface area contributed by atoms with Gasteiger partial charge >= 0.3 is 0 Å². The molecule has 0 radical (unpaired) electrons. The number of aliphatic hydroxyl groups is 1. The van der Waals surface area contributed by atoms with Crippen LogP contribution in [0.5, 0.6) is 17.2 Å². The van der Waals surface area contributed by atoms with E-state index in [0.717, 1.165) is 34.9 Å². The molecule has 1 saturated heterocycles. The summed E-state index contributed by atoms with van der Waals surface area (Å²) < 4.78 is 23.7. The van der Waals surface area contributed by atoms with Crippen LogP contribution in [0.4, 0.5) is 0 Å². The van der Waals surface area contributed by atoms with Crippen LogP contribution in [0.1, 0.15) is 28.8 Å². The smallest absolute Gasteiger partial charge is 0.253 e. The molecule has 1 atom stereocenters. The number of piperidine rings is 1. The van der Waals surface area contributed by atoms with Crippen molar-refractivity contribution in [3.05, 3.63) is 88.2 Å². The van der Waals surface area contributed by atoms with Gasteiger partial charge < -0.3 is 33.5 Å². The Kier molecular flexibility index (Phi) is 8.56. The lowest BCUT2D eigenvalue weighted by molar-refractivity contribution is -0.0709. The first-order valence-electron chi connectivity index (χ1n) is 13.5. The van der Waals surface area contributed by atoms with Crippen LogP contribution in [-0.2, 0) is 11.3 Å². The summed E-state index contributed by atoms with van der Waals surface area (Å²) in [6.07, 6.45) is 1.49. The van der Waals surface area contributed by atoms with Crippen molar-refractivity contribution < 1.29 is 28.8 Å². The zero-order chi connectivity index (χ0) is 28.9. The third kappa shape index (κ3) is 5.77. The monoisotopic (exact) mass is 558 g/mol. The summed E-state index contributed by atoms with van der Waals surface area (Å²) in [5, 5.41) is 9.93. The normalized spacial score (nSPS) is 15.1. The number of pyridine rings is 1. The zero-order valence-electron chi connectivity index (χ0n) is 23.5. The Morgan fingerprint density at radius 2 is 1.76 bits per heavy atom. The number of amides is 1. The summed E-state index contributed by atoms with van der Waals surface area (Å²) in [5.74, 6) is 1.68. The van der Waals surface area contributed by atoms with E-state index in [9.17, 15) is 9.59 Å². The van der Waals surface area contributed by atoms with E-state index in [0.29, 0.717) is 48.0 Å². The summed E-state index contributed by atoms with van der Waals surface area (Å²) in [4.78, 5) is 28.5. The highest BCUT2D eigenvalue weighted by Gasteiger charge is 2.25. The Balaban J connectivity index is 1.49. The van der Waals surface area contributed by atoms with E-state index in [2.05, 4.69) is 0 Å². The number of likely N-dealkylation sites (tertiary alicyclic amines) is 1. The topological polar surface area (TPSA) is 99.5 Å². The zero-order valence-corrected chi connectivity index (χ0v) is 23.5. The number of rotatable bonds is 9. The maximum Gasteiger partial charge on any atom is 0.253 e. The molecule has 9 heteroatoms. The van der Waals surface area contributed by atoms with Crippen LogP contribution in [0.3, 0.4) is 0 Å². The number of ether oxygens (including phenoxy) is 4. The molecule has 0 saturated carbocycles. The maximum absolute atomic E-state index is 13.6. The van der Waals surface area contributed by atoms with Gasteiger partial charge in [0, 0.05) is 47.3 Å². The van der Waals surface area contributed by atoms with Gasteiger partial charge in [-0.1, -0.05) is 24.3 Å². The first kappa shape index (κ1) is 28.2. The van der Waals surface area contributed by atoms with Crippen LogP contribution in [-0.4, -0.2) is 67.8 Å². The second kappa shape index (κ2) is 12.4. The molecule has 214 valence electrons. The van der Waals surface area contributed by atoms with E-state index in [1.807, 2.05) is 48.5 Å². The molecule has 0 aliphatic carbocycles. The molecule has 0 bridgehead atoms. The van der Waals surface area contributed by atoms with Gasteiger partial charge in [-0.2, -0.15) is 0 Å². The van der Waals surface area contributed by atoms with Gasteiger partial charge in [0.2, 0.25) is 0 Å². The van der Waals surface area contributed by atoms with Crippen molar-refractivity contribution in [2.24, 2.45) is 0 Å². The van der Waals surface area contributed by atoms with Crippen molar-refractivity contribution in [2.75, 3.05) is 41.2 Å². The molecule has 1 N–H and O–H groups in total.